The maximum Gasteiger partial charge on any atom is 0.137 e. The Kier molecular flexibility index (Phi) is 2.69. The predicted octanol–water partition coefficient (Wildman–Crippen LogP) is 3.25. The SMILES string of the molecule is CC(C)(C)Oc1ccc(-c2ncc[nH]2)cc1. The van der Waals surface area contributed by atoms with Gasteiger partial charge < -0.3 is 9.72 Å². The molecule has 3 heteroatoms. The number of H-pyrrole nitrogens is 1. The molecule has 84 valence electrons. The zero-order valence-electron chi connectivity index (χ0n) is 9.82. The van der Waals surface area contributed by atoms with Crippen molar-refractivity contribution in [3.8, 4) is 17.1 Å². The Bertz CT molecular complexity index is 438. The second kappa shape index (κ2) is 4.00. The lowest BCUT2D eigenvalue weighted by Gasteiger charge is -2.21. The molecule has 0 fully saturated rings. The first-order chi connectivity index (χ1) is 7.54. The molecule has 0 aliphatic rings. The van der Waals surface area contributed by atoms with Gasteiger partial charge in [0.25, 0.3) is 0 Å². The lowest BCUT2D eigenvalue weighted by molar-refractivity contribution is 0.131. The average molecular weight is 216 g/mol. The molecule has 0 bridgehead atoms. The van der Waals surface area contributed by atoms with Crippen LogP contribution in [0.5, 0.6) is 5.75 Å². The summed E-state index contributed by atoms with van der Waals surface area (Å²) in [4.78, 5) is 7.26. The van der Waals surface area contributed by atoms with Crippen LogP contribution >= 0.6 is 0 Å². The van der Waals surface area contributed by atoms with Gasteiger partial charge in [0.2, 0.25) is 0 Å². The van der Waals surface area contributed by atoms with E-state index in [0.717, 1.165) is 17.1 Å². The van der Waals surface area contributed by atoms with E-state index >= 15 is 0 Å². The van der Waals surface area contributed by atoms with Gasteiger partial charge in [-0.05, 0) is 45.0 Å². The predicted molar refractivity (Wildman–Crippen MR) is 64.4 cm³/mol. The minimum absolute atomic E-state index is 0.161. The number of nitrogens with one attached hydrogen (secondary N) is 1. The molecule has 0 spiro atoms. The van der Waals surface area contributed by atoms with E-state index in [-0.39, 0.29) is 5.60 Å². The van der Waals surface area contributed by atoms with E-state index in [1.54, 1.807) is 6.20 Å². The fraction of sp³-hybridized carbons (Fsp3) is 0.308. The molecule has 0 aliphatic heterocycles. The van der Waals surface area contributed by atoms with Gasteiger partial charge in [0.1, 0.15) is 17.2 Å². The number of hydrogen-bond donors (Lipinski definition) is 1. The minimum atomic E-state index is -0.161. The molecule has 2 rings (SSSR count). The number of aromatic amines is 1. The van der Waals surface area contributed by atoms with Crippen LogP contribution in [0, 0.1) is 0 Å². The van der Waals surface area contributed by atoms with Crippen LogP contribution in [0.4, 0.5) is 0 Å². The summed E-state index contributed by atoms with van der Waals surface area (Å²) >= 11 is 0. The largest absolute Gasteiger partial charge is 0.488 e. The van der Waals surface area contributed by atoms with Gasteiger partial charge in [-0.2, -0.15) is 0 Å². The zero-order chi connectivity index (χ0) is 11.6. The molecular weight excluding hydrogens is 200 g/mol. The number of hydrogen-bond acceptors (Lipinski definition) is 2. The molecule has 1 heterocycles. The second-order valence-electron chi connectivity index (χ2n) is 4.68. The molecule has 0 atom stereocenters. The number of ether oxygens (including phenoxy) is 1. The summed E-state index contributed by atoms with van der Waals surface area (Å²) in [6.07, 6.45) is 3.56. The first-order valence-corrected chi connectivity index (χ1v) is 5.33. The molecule has 0 unspecified atom stereocenters. The Morgan fingerprint density at radius 1 is 1.12 bits per heavy atom. The number of rotatable bonds is 2. The standard InChI is InChI=1S/C13H16N2O/c1-13(2,3)16-11-6-4-10(5-7-11)12-14-8-9-15-12/h4-9H,1-3H3,(H,14,15). The highest BCUT2D eigenvalue weighted by atomic mass is 16.5. The van der Waals surface area contributed by atoms with E-state index in [1.807, 2.05) is 51.2 Å². The number of nitrogens with zero attached hydrogens (tertiary/aromatic N) is 1. The monoisotopic (exact) mass is 216 g/mol. The highest BCUT2D eigenvalue weighted by Crippen LogP contribution is 2.22. The fourth-order valence-corrected chi connectivity index (χ4v) is 1.46. The summed E-state index contributed by atoms with van der Waals surface area (Å²) in [7, 11) is 0. The highest BCUT2D eigenvalue weighted by molar-refractivity contribution is 5.55. The van der Waals surface area contributed by atoms with Crippen LogP contribution in [0.3, 0.4) is 0 Å². The van der Waals surface area contributed by atoms with Crippen LogP contribution in [0.1, 0.15) is 20.8 Å². The van der Waals surface area contributed by atoms with Gasteiger partial charge in [-0.3, -0.25) is 0 Å². The molecule has 1 N–H and O–H groups in total. The minimum Gasteiger partial charge on any atom is -0.488 e. The van der Waals surface area contributed by atoms with Crippen molar-refractivity contribution in [3.05, 3.63) is 36.7 Å². The molecular formula is C13H16N2O. The van der Waals surface area contributed by atoms with E-state index in [4.69, 9.17) is 4.74 Å². The topological polar surface area (TPSA) is 37.9 Å². The summed E-state index contributed by atoms with van der Waals surface area (Å²) in [5, 5.41) is 0. The molecule has 0 radical (unpaired) electrons. The highest BCUT2D eigenvalue weighted by Gasteiger charge is 2.11. The van der Waals surface area contributed by atoms with Gasteiger partial charge in [-0.15, -0.1) is 0 Å². The Balaban J connectivity index is 2.17. The smallest absolute Gasteiger partial charge is 0.137 e. The van der Waals surface area contributed by atoms with E-state index in [9.17, 15) is 0 Å². The maximum absolute atomic E-state index is 5.74. The van der Waals surface area contributed by atoms with Crippen molar-refractivity contribution in [3.63, 3.8) is 0 Å². The van der Waals surface area contributed by atoms with Crippen molar-refractivity contribution in [2.75, 3.05) is 0 Å². The van der Waals surface area contributed by atoms with E-state index in [1.165, 1.54) is 0 Å². The Morgan fingerprint density at radius 3 is 2.31 bits per heavy atom. The summed E-state index contributed by atoms with van der Waals surface area (Å²) in [5.74, 6) is 1.75. The number of aromatic nitrogens is 2. The van der Waals surface area contributed by atoms with Crippen LogP contribution in [0.2, 0.25) is 0 Å². The summed E-state index contributed by atoms with van der Waals surface area (Å²) in [6, 6.07) is 7.92. The van der Waals surface area contributed by atoms with Crippen molar-refractivity contribution < 1.29 is 4.74 Å². The molecule has 1 aromatic carbocycles. The average Bonchev–Trinajstić information content (AvgIpc) is 2.69. The van der Waals surface area contributed by atoms with Gasteiger partial charge in [0.05, 0.1) is 0 Å². The molecule has 0 saturated carbocycles. The van der Waals surface area contributed by atoms with Crippen molar-refractivity contribution in [2.24, 2.45) is 0 Å². The molecule has 1 aromatic heterocycles. The normalized spacial score (nSPS) is 11.4. The van der Waals surface area contributed by atoms with Crippen molar-refractivity contribution in [1.82, 2.24) is 9.97 Å². The van der Waals surface area contributed by atoms with Crippen LogP contribution in [0.15, 0.2) is 36.7 Å². The van der Waals surface area contributed by atoms with Crippen molar-refractivity contribution >= 4 is 0 Å². The van der Waals surface area contributed by atoms with Crippen LogP contribution in [-0.4, -0.2) is 15.6 Å². The van der Waals surface area contributed by atoms with Crippen LogP contribution in [0.25, 0.3) is 11.4 Å². The lowest BCUT2D eigenvalue weighted by atomic mass is 10.1. The quantitative estimate of drug-likeness (QED) is 0.836. The fourth-order valence-electron chi connectivity index (χ4n) is 1.46. The van der Waals surface area contributed by atoms with E-state index < -0.39 is 0 Å². The van der Waals surface area contributed by atoms with Crippen LogP contribution in [-0.2, 0) is 0 Å². The molecule has 0 amide bonds. The van der Waals surface area contributed by atoms with Gasteiger partial charge in [-0.25, -0.2) is 4.98 Å². The van der Waals surface area contributed by atoms with E-state index in [2.05, 4.69) is 9.97 Å². The maximum atomic E-state index is 5.74. The first-order valence-electron chi connectivity index (χ1n) is 5.33. The molecule has 2 aromatic rings. The Morgan fingerprint density at radius 2 is 1.81 bits per heavy atom. The lowest BCUT2D eigenvalue weighted by Crippen LogP contribution is -2.22. The van der Waals surface area contributed by atoms with E-state index in [0.29, 0.717) is 0 Å². The van der Waals surface area contributed by atoms with Gasteiger partial charge in [0.15, 0.2) is 0 Å². The Hall–Kier alpha value is -1.77. The zero-order valence-corrected chi connectivity index (χ0v) is 9.82. The molecule has 3 nitrogen and oxygen atoms in total. The van der Waals surface area contributed by atoms with Gasteiger partial charge in [-0.1, -0.05) is 0 Å². The van der Waals surface area contributed by atoms with Crippen molar-refractivity contribution in [2.45, 2.75) is 26.4 Å². The summed E-state index contributed by atoms with van der Waals surface area (Å²) < 4.78 is 5.74. The van der Waals surface area contributed by atoms with Crippen molar-refractivity contribution in [1.29, 1.82) is 0 Å². The Labute approximate surface area is 95.5 Å². The van der Waals surface area contributed by atoms with Gasteiger partial charge in [0, 0.05) is 18.0 Å². The molecule has 0 aliphatic carbocycles. The third-order valence-electron chi connectivity index (χ3n) is 2.05. The summed E-state index contributed by atoms with van der Waals surface area (Å²) in [5.41, 5.74) is 0.901. The third-order valence-corrected chi connectivity index (χ3v) is 2.05. The molecule has 0 saturated heterocycles. The number of benzene rings is 1. The summed E-state index contributed by atoms with van der Waals surface area (Å²) in [6.45, 7) is 6.11. The van der Waals surface area contributed by atoms with Crippen LogP contribution < -0.4 is 4.74 Å². The number of imidazole rings is 1. The first kappa shape index (κ1) is 10.7. The molecule has 16 heavy (non-hydrogen) atoms. The third kappa shape index (κ3) is 2.63. The van der Waals surface area contributed by atoms with Gasteiger partial charge >= 0.3 is 0 Å². The second-order valence-corrected chi connectivity index (χ2v) is 4.68.